The van der Waals surface area contributed by atoms with Gasteiger partial charge in [0.05, 0.1) is 58.2 Å². The lowest BCUT2D eigenvalue weighted by Crippen LogP contribution is -2.59. The molecule has 3 aromatic rings. The summed E-state index contributed by atoms with van der Waals surface area (Å²) in [4.78, 5) is 69.3. The molecular formula is C27H41N8O15P. The van der Waals surface area contributed by atoms with Crippen LogP contribution in [0.1, 0.15) is 24.4 Å². The summed E-state index contributed by atoms with van der Waals surface area (Å²) in [5, 5.41) is 41.6. The Hall–Kier alpha value is -3.42. The Balaban J connectivity index is 1.16. The number of H-pyrrole nitrogens is 2. The largest absolute Gasteiger partial charge is 0.469 e. The van der Waals surface area contributed by atoms with Crippen molar-refractivity contribution in [2.75, 3.05) is 65.0 Å². The Morgan fingerprint density at radius 2 is 1.84 bits per heavy atom. The van der Waals surface area contributed by atoms with E-state index in [0.29, 0.717) is 0 Å². The first-order valence-corrected chi connectivity index (χ1v) is 17.2. The normalized spacial score (nSPS) is 24.7. The summed E-state index contributed by atoms with van der Waals surface area (Å²) >= 11 is 0. The van der Waals surface area contributed by atoms with Gasteiger partial charge in [-0.1, -0.05) is 0 Å². The molecule has 5 rings (SSSR count). The fourth-order valence-corrected chi connectivity index (χ4v) is 6.23. The highest BCUT2D eigenvalue weighted by molar-refractivity contribution is 7.46. The second-order valence-electron chi connectivity index (χ2n) is 12.2. The lowest BCUT2D eigenvalue weighted by molar-refractivity contribution is -0.215. The van der Waals surface area contributed by atoms with E-state index in [9.17, 15) is 49.2 Å². The van der Waals surface area contributed by atoms with Gasteiger partial charge in [0.1, 0.15) is 17.8 Å². The number of morpholine rings is 1. The third-order valence-electron chi connectivity index (χ3n) is 8.46. The van der Waals surface area contributed by atoms with Crippen LogP contribution in [0, 0.1) is 6.92 Å². The molecule has 6 atom stereocenters. The van der Waals surface area contributed by atoms with Gasteiger partial charge in [-0.05, 0) is 6.92 Å². The average molecular weight is 749 g/mol. The summed E-state index contributed by atoms with van der Waals surface area (Å²) in [6.45, 7) is 0.324. The van der Waals surface area contributed by atoms with E-state index >= 15 is 0 Å². The number of hydrogen-bond donors (Lipinski definition) is 9. The number of nitrogens with zero attached hydrogens (tertiary/aromatic N) is 5. The van der Waals surface area contributed by atoms with Crippen LogP contribution in [0.15, 0.2) is 26.9 Å². The molecule has 2 fully saturated rings. The fourth-order valence-electron chi connectivity index (χ4n) is 5.87. The van der Waals surface area contributed by atoms with E-state index in [-0.39, 0.29) is 68.6 Å². The number of anilines is 1. The topological polar surface area (TPSA) is 332 Å². The molecule has 24 heteroatoms. The SMILES string of the molecule is Cc1cn([C@H]2CN(CCOCCOC(COP(=O)(O)O)C[C@H]3O[C@@H](n4cnc5c(=O)[nH]c(N)nc54)[C@H](O)[C@@H]3O)CC(CO)(CO)O2)c(=O)[nH]c1=O. The minimum atomic E-state index is -4.92. The summed E-state index contributed by atoms with van der Waals surface area (Å²) in [6.07, 6.45) is -5.08. The third kappa shape index (κ3) is 9.15. The minimum absolute atomic E-state index is 0.00522. The molecule has 284 valence electrons. The number of imidazole rings is 1. The summed E-state index contributed by atoms with van der Waals surface area (Å²) in [5.74, 6) is -0.209. The number of aromatic amines is 2. The van der Waals surface area contributed by atoms with Crippen LogP contribution >= 0.6 is 7.82 Å². The van der Waals surface area contributed by atoms with E-state index in [1.54, 1.807) is 4.90 Å². The molecule has 1 unspecified atom stereocenters. The quantitative estimate of drug-likeness (QED) is 0.0493. The van der Waals surface area contributed by atoms with Crippen LogP contribution in [-0.4, -0.2) is 153 Å². The number of rotatable bonds is 16. The molecule has 0 aliphatic carbocycles. The van der Waals surface area contributed by atoms with Crippen molar-refractivity contribution in [2.45, 2.75) is 55.8 Å². The monoisotopic (exact) mass is 748 g/mol. The van der Waals surface area contributed by atoms with Crippen LogP contribution < -0.4 is 22.5 Å². The number of phosphoric ester groups is 1. The predicted octanol–water partition coefficient (Wildman–Crippen LogP) is -4.36. The van der Waals surface area contributed by atoms with E-state index in [1.807, 2.05) is 0 Å². The molecule has 23 nitrogen and oxygen atoms in total. The van der Waals surface area contributed by atoms with Gasteiger partial charge in [-0.25, -0.2) is 14.3 Å². The third-order valence-corrected chi connectivity index (χ3v) is 8.95. The molecule has 0 radical (unpaired) electrons. The van der Waals surface area contributed by atoms with Gasteiger partial charge in [-0.2, -0.15) is 4.98 Å². The van der Waals surface area contributed by atoms with Crippen LogP contribution in [0.25, 0.3) is 11.2 Å². The van der Waals surface area contributed by atoms with Crippen LogP contribution in [0.3, 0.4) is 0 Å². The molecule has 3 aromatic heterocycles. The first-order chi connectivity index (χ1) is 24.1. The van der Waals surface area contributed by atoms with Crippen molar-refractivity contribution < 1.29 is 58.2 Å². The Kier molecular flexibility index (Phi) is 12.2. The minimum Gasteiger partial charge on any atom is -0.393 e. The molecular weight excluding hydrogens is 707 g/mol. The molecule has 5 heterocycles. The van der Waals surface area contributed by atoms with Gasteiger partial charge in [0.2, 0.25) is 5.95 Å². The van der Waals surface area contributed by atoms with Crippen molar-refractivity contribution >= 4 is 24.9 Å². The fraction of sp³-hybridized carbons (Fsp3) is 0.667. The van der Waals surface area contributed by atoms with Crippen molar-refractivity contribution in [3.8, 4) is 0 Å². The van der Waals surface area contributed by atoms with Gasteiger partial charge >= 0.3 is 13.5 Å². The van der Waals surface area contributed by atoms with Gasteiger partial charge < -0.3 is 54.9 Å². The van der Waals surface area contributed by atoms with Crippen molar-refractivity contribution in [1.29, 1.82) is 0 Å². The van der Waals surface area contributed by atoms with Gasteiger partial charge in [0, 0.05) is 37.8 Å². The van der Waals surface area contributed by atoms with Gasteiger partial charge in [0.15, 0.2) is 23.6 Å². The molecule has 0 saturated carbocycles. The summed E-state index contributed by atoms with van der Waals surface area (Å²) < 4.78 is 41.7. The number of phosphoric acid groups is 1. The zero-order valence-electron chi connectivity index (χ0n) is 27.3. The Morgan fingerprint density at radius 3 is 2.55 bits per heavy atom. The average Bonchev–Trinajstić information content (AvgIpc) is 3.62. The Labute approximate surface area is 287 Å². The van der Waals surface area contributed by atoms with Crippen LogP contribution in [0.2, 0.25) is 0 Å². The molecule has 2 saturated heterocycles. The van der Waals surface area contributed by atoms with Crippen LogP contribution in [-0.2, 0) is 28.0 Å². The second-order valence-corrected chi connectivity index (χ2v) is 13.5. The zero-order chi connectivity index (χ0) is 37.1. The van der Waals surface area contributed by atoms with Crippen LogP contribution in [0.5, 0.6) is 0 Å². The van der Waals surface area contributed by atoms with Gasteiger partial charge in [-0.3, -0.25) is 38.1 Å². The highest BCUT2D eigenvalue weighted by Gasteiger charge is 2.45. The van der Waals surface area contributed by atoms with E-state index in [0.717, 1.165) is 0 Å². The number of nitrogen functional groups attached to an aromatic ring is 1. The number of aliphatic hydroxyl groups excluding tert-OH is 4. The van der Waals surface area contributed by atoms with E-state index < -0.39 is 86.9 Å². The second kappa shape index (κ2) is 16.1. The maximum Gasteiger partial charge on any atom is 0.469 e. The van der Waals surface area contributed by atoms with E-state index in [4.69, 9.17) is 24.7 Å². The smallest absolute Gasteiger partial charge is 0.393 e. The lowest BCUT2D eigenvalue weighted by Gasteiger charge is -2.44. The summed E-state index contributed by atoms with van der Waals surface area (Å²) in [6, 6.07) is 0. The van der Waals surface area contributed by atoms with Crippen molar-refractivity contribution in [2.24, 2.45) is 0 Å². The number of aryl methyl sites for hydroxylation is 1. The predicted molar refractivity (Wildman–Crippen MR) is 171 cm³/mol. The van der Waals surface area contributed by atoms with Crippen molar-refractivity contribution in [1.82, 2.24) is 34.0 Å². The molecule has 0 amide bonds. The first-order valence-electron chi connectivity index (χ1n) is 15.7. The molecule has 2 aliphatic rings. The first kappa shape index (κ1) is 38.8. The number of nitrogens with two attached hydrogens (primary N) is 1. The highest BCUT2D eigenvalue weighted by atomic mass is 31.2. The summed E-state index contributed by atoms with van der Waals surface area (Å²) in [5.41, 5.74) is 2.52. The van der Waals surface area contributed by atoms with E-state index in [1.165, 1.54) is 28.6 Å². The standard InChI is InChI=1S/C27H41N8O15P/c1-14-7-34(26(42)32-22(14)40)17-8-33(10-27(11-36,12-37)50-17)2-3-46-4-5-47-15(9-48-51(43,44)45)6-16-19(38)20(39)24(49-16)35-13-29-18-21(35)30-25(28)31-23(18)41/h7,13,15-17,19-20,24,36-39H,2-6,8-12H2,1H3,(H,32,40,42)(H2,43,44,45)(H3,28,30,31,41)/t15?,16-,17-,19-,20-,24-/m1/s1. The number of ether oxygens (including phenoxy) is 4. The maximum atomic E-state index is 12.5. The Bertz CT molecular complexity index is 1870. The molecule has 10 N–H and O–H groups in total. The number of nitrogens with one attached hydrogen (secondary N) is 2. The van der Waals surface area contributed by atoms with Gasteiger partial charge in [-0.15, -0.1) is 0 Å². The van der Waals surface area contributed by atoms with Crippen molar-refractivity contribution in [3.05, 3.63) is 49.3 Å². The van der Waals surface area contributed by atoms with E-state index in [2.05, 4.69) is 24.5 Å². The van der Waals surface area contributed by atoms with Crippen molar-refractivity contribution in [3.63, 3.8) is 0 Å². The molecule has 51 heavy (non-hydrogen) atoms. The highest BCUT2D eigenvalue weighted by Crippen LogP contribution is 2.38. The lowest BCUT2D eigenvalue weighted by atomic mass is 10.0. The number of hydrogen-bond acceptors (Lipinski definition) is 17. The van der Waals surface area contributed by atoms with Crippen LogP contribution in [0.4, 0.5) is 5.95 Å². The summed E-state index contributed by atoms with van der Waals surface area (Å²) in [7, 11) is -4.92. The number of aliphatic hydroxyl groups is 4. The number of aromatic nitrogens is 6. The number of fused-ring (bicyclic) bond motifs is 1. The molecule has 0 spiro atoms. The molecule has 2 aliphatic heterocycles. The maximum absolute atomic E-state index is 12.5. The zero-order valence-corrected chi connectivity index (χ0v) is 28.2. The van der Waals surface area contributed by atoms with Gasteiger partial charge in [0.25, 0.3) is 11.1 Å². The Morgan fingerprint density at radius 1 is 1.10 bits per heavy atom. The molecule has 0 bridgehead atoms. The molecule has 0 aromatic carbocycles.